The Labute approximate surface area is 187 Å². The zero-order valence-corrected chi connectivity index (χ0v) is 17.5. The molecule has 0 saturated carbocycles. The second kappa shape index (κ2) is 7.49. The molecule has 1 saturated heterocycles. The summed E-state index contributed by atoms with van der Waals surface area (Å²) in [7, 11) is 0. The van der Waals surface area contributed by atoms with Crippen molar-refractivity contribution in [2.45, 2.75) is 17.8 Å². The normalized spacial score (nSPS) is 24.2. The van der Waals surface area contributed by atoms with E-state index in [0.717, 1.165) is 33.6 Å². The van der Waals surface area contributed by atoms with Gasteiger partial charge in [-0.25, -0.2) is 4.89 Å². The monoisotopic (exact) mass is 418 g/mol. The fraction of sp³-hybridized carbons (Fsp3) is 0.103. The second-order valence-electron chi connectivity index (χ2n) is 8.19. The van der Waals surface area contributed by atoms with Gasteiger partial charge in [0.2, 0.25) is 0 Å². The van der Waals surface area contributed by atoms with Crippen LogP contribution in [0.4, 0.5) is 0 Å². The van der Waals surface area contributed by atoms with Crippen molar-refractivity contribution in [1.82, 2.24) is 0 Å². The summed E-state index contributed by atoms with van der Waals surface area (Å²) in [6.07, 6.45) is 0.509. The summed E-state index contributed by atoms with van der Waals surface area (Å²) in [6.45, 7) is 0. The van der Waals surface area contributed by atoms with Crippen molar-refractivity contribution in [3.63, 3.8) is 0 Å². The van der Waals surface area contributed by atoms with Gasteiger partial charge >= 0.3 is 0 Å². The molecule has 0 radical (unpaired) electrons. The standard InChI is InChI=1S/C29H22O3/c1-5-13-22(14-6-1)26-27(23-15-7-2-8-16-23)30-29(25-19-11-4-12-20-25)21-28(26,31-32-29)24-17-9-3-10-18-24/h1-20H,21H2. The molecule has 1 fully saturated rings. The lowest BCUT2D eigenvalue weighted by Crippen LogP contribution is -2.37. The molecule has 0 aliphatic carbocycles. The quantitative estimate of drug-likeness (QED) is 0.346. The van der Waals surface area contributed by atoms with E-state index in [1.165, 1.54) is 0 Å². The van der Waals surface area contributed by atoms with E-state index in [4.69, 9.17) is 14.5 Å². The predicted molar refractivity (Wildman–Crippen MR) is 124 cm³/mol. The third-order valence-corrected chi connectivity index (χ3v) is 6.25. The van der Waals surface area contributed by atoms with Crippen molar-refractivity contribution in [2.24, 2.45) is 0 Å². The average molecular weight is 418 g/mol. The molecule has 0 spiro atoms. The molecule has 2 aliphatic rings. The van der Waals surface area contributed by atoms with Crippen LogP contribution in [-0.2, 0) is 25.9 Å². The van der Waals surface area contributed by atoms with Crippen molar-refractivity contribution < 1.29 is 14.5 Å². The minimum atomic E-state index is -1.04. The van der Waals surface area contributed by atoms with Gasteiger partial charge in [-0.3, -0.25) is 0 Å². The predicted octanol–water partition coefficient (Wildman–Crippen LogP) is 6.69. The van der Waals surface area contributed by atoms with Gasteiger partial charge in [-0.05, 0) is 11.1 Å². The molecule has 32 heavy (non-hydrogen) atoms. The van der Waals surface area contributed by atoms with E-state index < -0.39 is 11.4 Å². The van der Waals surface area contributed by atoms with Crippen molar-refractivity contribution in [2.75, 3.05) is 0 Å². The Morgan fingerprint density at radius 3 is 1.59 bits per heavy atom. The van der Waals surface area contributed by atoms with Crippen LogP contribution in [-0.4, -0.2) is 0 Å². The van der Waals surface area contributed by atoms with Crippen LogP contribution < -0.4 is 0 Å². The van der Waals surface area contributed by atoms with E-state index in [1.807, 2.05) is 84.9 Å². The maximum atomic E-state index is 6.78. The van der Waals surface area contributed by atoms with Crippen LogP contribution in [0.15, 0.2) is 121 Å². The van der Waals surface area contributed by atoms with Gasteiger partial charge in [-0.15, -0.1) is 0 Å². The molecule has 4 aromatic rings. The SMILES string of the molecule is c1ccc(C2=C(c3ccccc3)C3(c4ccccc4)CC(c4ccccc4)(OO3)O2)cc1. The molecule has 0 aromatic heterocycles. The number of rotatable bonds is 4. The Kier molecular flexibility index (Phi) is 4.46. The third kappa shape index (κ3) is 2.90. The van der Waals surface area contributed by atoms with Gasteiger partial charge in [-0.2, -0.15) is 4.89 Å². The first kappa shape index (κ1) is 19.1. The number of ether oxygens (including phenoxy) is 1. The van der Waals surface area contributed by atoms with Crippen molar-refractivity contribution in [1.29, 1.82) is 0 Å². The first-order chi connectivity index (χ1) is 15.8. The molecule has 2 bridgehead atoms. The minimum absolute atomic E-state index is 0.509. The Bertz CT molecular complexity index is 1250. The molecule has 3 nitrogen and oxygen atoms in total. The van der Waals surface area contributed by atoms with Gasteiger partial charge in [-0.1, -0.05) is 121 Å². The van der Waals surface area contributed by atoms with Crippen LogP contribution in [0.3, 0.4) is 0 Å². The smallest absolute Gasteiger partial charge is 0.270 e. The van der Waals surface area contributed by atoms with Gasteiger partial charge < -0.3 is 4.74 Å². The molecule has 4 aromatic carbocycles. The summed E-state index contributed by atoms with van der Waals surface area (Å²) >= 11 is 0. The topological polar surface area (TPSA) is 27.7 Å². The molecule has 0 N–H and O–H groups in total. The van der Waals surface area contributed by atoms with Crippen molar-refractivity contribution in [3.05, 3.63) is 144 Å². The summed E-state index contributed by atoms with van der Waals surface area (Å²) < 4.78 is 6.78. The van der Waals surface area contributed by atoms with Crippen LogP contribution in [0, 0.1) is 0 Å². The zero-order chi connectivity index (χ0) is 21.4. The van der Waals surface area contributed by atoms with Crippen LogP contribution in [0.5, 0.6) is 0 Å². The van der Waals surface area contributed by atoms with Crippen LogP contribution in [0.25, 0.3) is 11.3 Å². The molecule has 0 amide bonds. The maximum absolute atomic E-state index is 6.78. The Balaban J connectivity index is 1.67. The third-order valence-electron chi connectivity index (χ3n) is 6.25. The second-order valence-corrected chi connectivity index (χ2v) is 8.19. The fourth-order valence-electron chi connectivity index (χ4n) is 4.77. The van der Waals surface area contributed by atoms with E-state index >= 15 is 0 Å². The summed E-state index contributed by atoms with van der Waals surface area (Å²) in [4.78, 5) is 12.5. The number of hydrogen-bond acceptors (Lipinski definition) is 3. The Morgan fingerprint density at radius 2 is 1.00 bits per heavy atom. The van der Waals surface area contributed by atoms with E-state index in [2.05, 4.69) is 36.4 Å². The summed E-state index contributed by atoms with van der Waals surface area (Å²) in [5.41, 5.74) is 4.15. The average Bonchev–Trinajstić information content (AvgIpc) is 3.21. The lowest BCUT2D eigenvalue weighted by atomic mass is 9.74. The maximum Gasteiger partial charge on any atom is 0.270 e. The highest BCUT2D eigenvalue weighted by atomic mass is 17.3. The first-order valence-corrected chi connectivity index (χ1v) is 10.8. The molecule has 2 aliphatic heterocycles. The largest absolute Gasteiger partial charge is 0.454 e. The molecule has 156 valence electrons. The van der Waals surface area contributed by atoms with E-state index in [9.17, 15) is 0 Å². The lowest BCUT2D eigenvalue weighted by molar-refractivity contribution is -0.388. The van der Waals surface area contributed by atoms with Gasteiger partial charge in [0, 0.05) is 16.7 Å². The van der Waals surface area contributed by atoms with Gasteiger partial charge in [0.1, 0.15) is 5.76 Å². The molecule has 2 heterocycles. The van der Waals surface area contributed by atoms with Crippen LogP contribution >= 0.6 is 0 Å². The van der Waals surface area contributed by atoms with Gasteiger partial charge in [0.15, 0.2) is 5.60 Å². The van der Waals surface area contributed by atoms with Crippen molar-refractivity contribution in [3.8, 4) is 0 Å². The molecule has 3 heteroatoms. The number of hydrogen-bond donors (Lipinski definition) is 0. The molecule has 6 rings (SSSR count). The highest BCUT2D eigenvalue weighted by Crippen LogP contribution is 2.61. The molecule has 2 unspecified atom stereocenters. The summed E-state index contributed by atoms with van der Waals surface area (Å²) in [5, 5.41) is 0. The number of benzene rings is 4. The fourth-order valence-corrected chi connectivity index (χ4v) is 4.77. The molecular formula is C29H22O3. The van der Waals surface area contributed by atoms with E-state index in [-0.39, 0.29) is 0 Å². The number of fused-ring (bicyclic) bond motifs is 2. The minimum Gasteiger partial charge on any atom is -0.454 e. The first-order valence-electron chi connectivity index (χ1n) is 10.8. The zero-order valence-electron chi connectivity index (χ0n) is 17.5. The van der Waals surface area contributed by atoms with E-state index in [0.29, 0.717) is 6.42 Å². The highest BCUT2D eigenvalue weighted by Gasteiger charge is 2.62. The van der Waals surface area contributed by atoms with E-state index in [1.54, 1.807) is 0 Å². The van der Waals surface area contributed by atoms with Gasteiger partial charge in [0.05, 0.1) is 6.42 Å². The van der Waals surface area contributed by atoms with Crippen LogP contribution in [0.1, 0.15) is 28.7 Å². The highest BCUT2D eigenvalue weighted by molar-refractivity contribution is 5.93. The lowest BCUT2D eigenvalue weighted by Gasteiger charge is -2.38. The summed E-state index contributed by atoms with van der Waals surface area (Å²) in [5.74, 6) is -0.270. The molecule has 2 atom stereocenters. The molecular weight excluding hydrogens is 396 g/mol. The Morgan fingerprint density at radius 1 is 0.500 bits per heavy atom. The van der Waals surface area contributed by atoms with Crippen molar-refractivity contribution >= 4 is 11.3 Å². The van der Waals surface area contributed by atoms with Crippen LogP contribution in [0.2, 0.25) is 0 Å². The summed E-state index contributed by atoms with van der Waals surface area (Å²) in [6, 6.07) is 40.8. The van der Waals surface area contributed by atoms with Gasteiger partial charge in [0.25, 0.3) is 5.79 Å². The Hall–Kier alpha value is -3.66.